The number of nitrogens with zero attached hydrogens (tertiary/aromatic N) is 5. The maximum Gasteiger partial charge on any atom is 0.252 e. The second-order valence-electron chi connectivity index (χ2n) is 31.2. The van der Waals surface area contributed by atoms with E-state index in [1.54, 1.807) is 4.57 Å². The fourth-order valence-corrected chi connectivity index (χ4v) is 17.0. The van der Waals surface area contributed by atoms with Crippen molar-refractivity contribution >= 4 is 118 Å². The molecule has 2 aliphatic heterocycles. The highest BCUT2D eigenvalue weighted by Crippen LogP contribution is 2.51. The Labute approximate surface area is 655 Å². The van der Waals surface area contributed by atoms with Gasteiger partial charge in [-0.3, -0.25) is 0 Å². The Morgan fingerprint density at radius 2 is 0.664 bits per heavy atom. The SMILES string of the molecule is [2H]c1c([2H])c([2H])c2c(c1[2H])c1c([2H])c([2H])c([2H])c([2H])c1n2-c1ccc2c(c1)N(c1cc(-c3ccccc3)cc(-c3ccccc3)c1)c1cc(-n3c4ccccc4c4cc(N(c5ccccc5)c5ccccc5)ccc43)cc3c1B2c1ccc(-c2cc(C(C)(C)C)cc(C(C)(C)C)c2)cc1N3c1cc(-c2ccccc2)cc(-c2ccccc2)c1. The average Bonchev–Trinajstić information content (AvgIpc) is 1.22. The number of fused-ring (bicyclic) bond motifs is 10. The van der Waals surface area contributed by atoms with E-state index >= 15 is 0 Å². The van der Waals surface area contributed by atoms with Gasteiger partial charge in [0.15, 0.2) is 0 Å². The van der Waals surface area contributed by atoms with Crippen LogP contribution in [0.1, 0.15) is 63.6 Å². The predicted octanol–water partition coefficient (Wildman–Crippen LogP) is 26.4. The van der Waals surface area contributed by atoms with Crippen LogP contribution in [0.5, 0.6) is 0 Å². The molecule has 0 saturated carbocycles. The van der Waals surface area contributed by atoms with Gasteiger partial charge < -0.3 is 23.8 Å². The predicted molar refractivity (Wildman–Crippen MR) is 468 cm³/mol. The summed E-state index contributed by atoms with van der Waals surface area (Å²) in [5, 5.41) is 2.11. The largest absolute Gasteiger partial charge is 0.311 e. The van der Waals surface area contributed by atoms with E-state index in [9.17, 15) is 8.22 Å². The molecule has 524 valence electrons. The van der Waals surface area contributed by atoms with Crippen LogP contribution in [0, 0.1) is 0 Å². The molecule has 18 aromatic rings. The molecule has 0 spiro atoms. The molecule has 0 bridgehead atoms. The van der Waals surface area contributed by atoms with Crippen molar-refractivity contribution in [2.24, 2.45) is 0 Å². The molecule has 0 unspecified atom stereocenters. The molecule has 0 radical (unpaired) electrons. The van der Waals surface area contributed by atoms with E-state index in [-0.39, 0.29) is 44.7 Å². The number of rotatable bonds is 12. The minimum Gasteiger partial charge on any atom is -0.311 e. The standard InChI is InChI=1S/C104H80BN5/c1-103(2,3)79-57-78(58-80(64-79)104(4,5)6)73-49-52-92-98(63-73)109(85-59-74(69-31-13-7-14-32-69)55-75(60-85)70-33-15-8-16-34-70)100-67-87(108-96-48-30-27-45-90(96)91-65-83(51-54-97(91)108)106(81-39-21-11-22-40-81)82-41-23-12-24-42-82)68-101-102(100)105(92)93-53-50-84(107-94-46-28-25-43-88(94)89-44-26-29-47-95(89)107)66-99(93)110(101)86-61-76(71-35-17-9-18-36-71)56-77(62-86)72-37-19-10-20-38-72/h7-68H,1-6H3/i25D,26D,28D,29D,43D,44D,46D,47D. The van der Waals surface area contributed by atoms with Crippen molar-refractivity contribution in [3.05, 3.63) is 387 Å². The molecule has 110 heavy (non-hydrogen) atoms. The van der Waals surface area contributed by atoms with Crippen LogP contribution < -0.4 is 31.1 Å². The molecule has 2 aromatic heterocycles. The van der Waals surface area contributed by atoms with Gasteiger partial charge in [0.1, 0.15) is 0 Å². The fraction of sp³-hybridized carbons (Fsp3) is 0.0769. The smallest absolute Gasteiger partial charge is 0.252 e. The molecule has 5 nitrogen and oxygen atoms in total. The summed E-state index contributed by atoms with van der Waals surface area (Å²) in [5.41, 5.74) is 27.0. The zero-order chi connectivity index (χ0) is 80.9. The minimum absolute atomic E-state index is 0.00271. The Morgan fingerprint density at radius 1 is 0.264 bits per heavy atom. The van der Waals surface area contributed by atoms with Crippen LogP contribution in [0.3, 0.4) is 0 Å². The van der Waals surface area contributed by atoms with Crippen molar-refractivity contribution in [1.82, 2.24) is 9.13 Å². The first-order chi connectivity index (χ1) is 57.1. The number of para-hydroxylation sites is 5. The molecule has 0 saturated heterocycles. The van der Waals surface area contributed by atoms with E-state index in [0.29, 0.717) is 5.69 Å². The van der Waals surface area contributed by atoms with Crippen LogP contribution in [0.4, 0.5) is 51.2 Å². The summed E-state index contributed by atoms with van der Waals surface area (Å²) in [4.78, 5) is 7.23. The van der Waals surface area contributed by atoms with Crippen molar-refractivity contribution in [2.75, 3.05) is 14.7 Å². The second kappa shape index (κ2) is 26.2. The van der Waals surface area contributed by atoms with Crippen LogP contribution in [-0.2, 0) is 10.8 Å². The van der Waals surface area contributed by atoms with Gasteiger partial charge in [-0.25, -0.2) is 0 Å². The molecule has 16 aromatic carbocycles. The Morgan fingerprint density at radius 3 is 1.15 bits per heavy atom. The summed E-state index contributed by atoms with van der Waals surface area (Å²) < 4.78 is 80.0. The summed E-state index contributed by atoms with van der Waals surface area (Å²) in [6, 6.07) is 114. The first-order valence-electron chi connectivity index (χ1n) is 41.8. The third kappa shape index (κ3) is 11.3. The number of hydrogen-bond donors (Lipinski definition) is 0. The fourth-order valence-electron chi connectivity index (χ4n) is 17.0. The Bertz CT molecular complexity index is 6860. The number of anilines is 9. The first kappa shape index (κ1) is 57.8. The average molecular weight is 1420 g/mol. The monoisotopic (exact) mass is 1420 g/mol. The normalized spacial score (nSPS) is 13.6. The topological polar surface area (TPSA) is 19.6 Å². The van der Waals surface area contributed by atoms with Crippen molar-refractivity contribution in [1.29, 1.82) is 0 Å². The third-order valence-electron chi connectivity index (χ3n) is 22.3. The van der Waals surface area contributed by atoms with Crippen LogP contribution in [0.25, 0.3) is 111 Å². The third-order valence-corrected chi connectivity index (χ3v) is 22.3. The van der Waals surface area contributed by atoms with Gasteiger partial charge in [0.25, 0.3) is 6.71 Å². The molecule has 0 N–H and O–H groups in total. The lowest BCUT2D eigenvalue weighted by Crippen LogP contribution is -2.61. The van der Waals surface area contributed by atoms with Gasteiger partial charge in [0.2, 0.25) is 0 Å². The van der Waals surface area contributed by atoms with Crippen molar-refractivity contribution in [3.8, 4) is 67.0 Å². The van der Waals surface area contributed by atoms with Crippen LogP contribution in [0.15, 0.2) is 376 Å². The van der Waals surface area contributed by atoms with Gasteiger partial charge in [-0.05, 0) is 221 Å². The Kier molecular flexibility index (Phi) is 13.8. The van der Waals surface area contributed by atoms with Crippen LogP contribution in [-0.4, -0.2) is 15.8 Å². The molecule has 0 fully saturated rings. The molecule has 0 atom stereocenters. The molecular weight excluding hydrogens is 1330 g/mol. The molecular formula is C104H80BN5. The van der Waals surface area contributed by atoms with Gasteiger partial charge in [-0.2, -0.15) is 0 Å². The summed E-state index contributed by atoms with van der Waals surface area (Å²) in [7, 11) is 0. The lowest BCUT2D eigenvalue weighted by molar-refractivity contribution is 0.569. The van der Waals surface area contributed by atoms with Crippen LogP contribution in [0.2, 0.25) is 0 Å². The highest BCUT2D eigenvalue weighted by Gasteiger charge is 2.45. The molecule has 2 aliphatic rings. The zero-order valence-electron chi connectivity index (χ0n) is 70.0. The summed E-state index contributed by atoms with van der Waals surface area (Å²) in [6.07, 6.45) is 0. The maximum absolute atomic E-state index is 9.89. The van der Waals surface area contributed by atoms with E-state index in [4.69, 9.17) is 2.74 Å². The molecule has 0 aliphatic carbocycles. The molecule has 0 amide bonds. The van der Waals surface area contributed by atoms with E-state index in [1.807, 2.05) is 18.2 Å². The van der Waals surface area contributed by atoms with E-state index in [0.717, 1.165) is 151 Å². The second-order valence-corrected chi connectivity index (χ2v) is 31.2. The lowest BCUT2D eigenvalue weighted by atomic mass is 9.33. The molecule has 6 heteroatoms. The first-order valence-corrected chi connectivity index (χ1v) is 37.8. The van der Waals surface area contributed by atoms with Crippen molar-refractivity contribution < 1.29 is 11.0 Å². The van der Waals surface area contributed by atoms with Gasteiger partial charge in [-0.1, -0.05) is 290 Å². The van der Waals surface area contributed by atoms with Crippen molar-refractivity contribution in [3.63, 3.8) is 0 Å². The van der Waals surface area contributed by atoms with Gasteiger partial charge >= 0.3 is 0 Å². The summed E-state index contributed by atoms with van der Waals surface area (Å²) >= 11 is 0. The van der Waals surface area contributed by atoms with E-state index < -0.39 is 43.0 Å². The highest BCUT2D eigenvalue weighted by molar-refractivity contribution is 7.00. The van der Waals surface area contributed by atoms with Gasteiger partial charge in [0, 0.05) is 78.4 Å². The highest BCUT2D eigenvalue weighted by atomic mass is 15.2. The quantitative estimate of drug-likeness (QED) is 0.114. The minimum atomic E-state index is -0.516. The lowest BCUT2D eigenvalue weighted by Gasteiger charge is -2.45. The van der Waals surface area contributed by atoms with Gasteiger partial charge in [0.05, 0.1) is 38.7 Å². The number of benzene rings is 16. The van der Waals surface area contributed by atoms with E-state index in [1.165, 1.54) is 11.1 Å². The molecule has 4 heterocycles. The van der Waals surface area contributed by atoms with E-state index in [2.05, 4.69) is 370 Å². The van der Waals surface area contributed by atoms with Gasteiger partial charge in [-0.15, -0.1) is 0 Å². The van der Waals surface area contributed by atoms with Crippen LogP contribution >= 0.6 is 0 Å². The number of hydrogen-bond acceptors (Lipinski definition) is 3. The summed E-state index contributed by atoms with van der Waals surface area (Å²) in [5.74, 6) is 0. The molecule has 20 rings (SSSR count). The Hall–Kier alpha value is -13.4. The maximum atomic E-state index is 9.89. The number of aromatic nitrogens is 2. The Balaban J connectivity index is 0.961. The zero-order valence-corrected chi connectivity index (χ0v) is 62.0. The summed E-state index contributed by atoms with van der Waals surface area (Å²) in [6.45, 7) is 13.2. The van der Waals surface area contributed by atoms with Crippen molar-refractivity contribution in [2.45, 2.75) is 52.4 Å².